The quantitative estimate of drug-likeness (QED) is 0.740. The van der Waals surface area contributed by atoms with Gasteiger partial charge in [-0.1, -0.05) is 17.8 Å². The average molecular weight is 227 g/mol. The molecule has 0 radical (unpaired) electrons. The number of nitrogens with zero attached hydrogens (tertiary/aromatic N) is 3. The maximum Gasteiger partial charge on any atom is 0.116 e. The van der Waals surface area contributed by atoms with Gasteiger partial charge in [0.25, 0.3) is 0 Å². The molecule has 1 heterocycles. The van der Waals surface area contributed by atoms with E-state index in [4.69, 9.17) is 5.26 Å². The summed E-state index contributed by atoms with van der Waals surface area (Å²) in [7, 11) is 0. The van der Waals surface area contributed by atoms with Crippen LogP contribution in [0.15, 0.2) is 46.7 Å². The largest absolute Gasteiger partial charge is 0.245 e. The lowest BCUT2D eigenvalue weighted by molar-refractivity contribution is 1.05. The molecule has 0 bridgehead atoms. The van der Waals surface area contributed by atoms with Crippen LogP contribution >= 0.6 is 11.8 Å². The number of aromatic nitrogens is 2. The normalized spacial score (nSPS) is 9.75. The van der Waals surface area contributed by atoms with Crippen molar-refractivity contribution in [3.63, 3.8) is 0 Å². The molecule has 1 aromatic carbocycles. The van der Waals surface area contributed by atoms with Gasteiger partial charge >= 0.3 is 0 Å². The van der Waals surface area contributed by atoms with Gasteiger partial charge in [0.15, 0.2) is 0 Å². The van der Waals surface area contributed by atoms with Gasteiger partial charge < -0.3 is 0 Å². The van der Waals surface area contributed by atoms with Gasteiger partial charge in [-0.05, 0) is 30.7 Å². The first-order valence-corrected chi connectivity index (χ1v) is 5.56. The van der Waals surface area contributed by atoms with Crippen LogP contribution < -0.4 is 0 Å². The third-order valence-electron chi connectivity index (χ3n) is 2.03. The van der Waals surface area contributed by atoms with E-state index in [0.29, 0.717) is 5.56 Å². The SMILES string of the molecule is Cc1ccc(C#N)c(Sc2ccncn2)c1. The van der Waals surface area contributed by atoms with Gasteiger partial charge in [0.05, 0.1) is 5.56 Å². The Morgan fingerprint density at radius 3 is 2.88 bits per heavy atom. The number of benzene rings is 1. The molecule has 78 valence electrons. The highest BCUT2D eigenvalue weighted by molar-refractivity contribution is 7.99. The second-order valence-corrected chi connectivity index (χ2v) is 4.32. The highest BCUT2D eigenvalue weighted by atomic mass is 32.2. The molecule has 0 N–H and O–H groups in total. The first kappa shape index (κ1) is 10.7. The molecule has 16 heavy (non-hydrogen) atoms. The Morgan fingerprint density at radius 1 is 1.31 bits per heavy atom. The zero-order valence-corrected chi connectivity index (χ0v) is 9.53. The minimum Gasteiger partial charge on any atom is -0.245 e. The van der Waals surface area contributed by atoms with E-state index in [0.717, 1.165) is 15.5 Å². The van der Waals surface area contributed by atoms with Crippen LogP contribution in [-0.2, 0) is 0 Å². The van der Waals surface area contributed by atoms with E-state index >= 15 is 0 Å². The Morgan fingerprint density at radius 2 is 2.19 bits per heavy atom. The topological polar surface area (TPSA) is 49.6 Å². The second kappa shape index (κ2) is 4.77. The van der Waals surface area contributed by atoms with E-state index in [1.165, 1.54) is 18.1 Å². The smallest absolute Gasteiger partial charge is 0.116 e. The monoisotopic (exact) mass is 227 g/mol. The first-order chi connectivity index (χ1) is 7.79. The van der Waals surface area contributed by atoms with Crippen molar-refractivity contribution in [2.75, 3.05) is 0 Å². The predicted molar refractivity (Wildman–Crippen MR) is 62.0 cm³/mol. The number of rotatable bonds is 2. The molecule has 0 fully saturated rings. The summed E-state index contributed by atoms with van der Waals surface area (Å²) < 4.78 is 0. The summed E-state index contributed by atoms with van der Waals surface area (Å²) in [6.07, 6.45) is 3.20. The van der Waals surface area contributed by atoms with Crippen LogP contribution in [0.2, 0.25) is 0 Å². The zero-order chi connectivity index (χ0) is 11.4. The van der Waals surface area contributed by atoms with E-state index in [-0.39, 0.29) is 0 Å². The molecule has 0 aliphatic heterocycles. The summed E-state index contributed by atoms with van der Waals surface area (Å²) in [5.74, 6) is 0. The molecule has 1 aromatic heterocycles. The van der Waals surface area contributed by atoms with Crippen LogP contribution in [0, 0.1) is 18.3 Å². The van der Waals surface area contributed by atoms with Crippen LogP contribution in [0.1, 0.15) is 11.1 Å². The van der Waals surface area contributed by atoms with E-state index in [9.17, 15) is 0 Å². The summed E-state index contributed by atoms with van der Waals surface area (Å²) in [4.78, 5) is 8.91. The molecule has 0 unspecified atom stereocenters. The van der Waals surface area contributed by atoms with Gasteiger partial charge in [0, 0.05) is 11.1 Å². The summed E-state index contributed by atoms with van der Waals surface area (Å²) in [5.41, 5.74) is 1.81. The summed E-state index contributed by atoms with van der Waals surface area (Å²) in [6.45, 7) is 2.01. The lowest BCUT2D eigenvalue weighted by Gasteiger charge is -2.03. The van der Waals surface area contributed by atoms with Crippen molar-refractivity contribution in [3.05, 3.63) is 47.9 Å². The van der Waals surface area contributed by atoms with E-state index in [1.54, 1.807) is 6.20 Å². The third-order valence-corrected chi connectivity index (χ3v) is 3.04. The Hall–Kier alpha value is -1.86. The fourth-order valence-electron chi connectivity index (χ4n) is 1.26. The average Bonchev–Trinajstić information content (AvgIpc) is 2.31. The van der Waals surface area contributed by atoms with Gasteiger partial charge in [0.2, 0.25) is 0 Å². The number of hydrogen-bond acceptors (Lipinski definition) is 4. The molecular weight excluding hydrogens is 218 g/mol. The minimum absolute atomic E-state index is 0.675. The standard InChI is InChI=1S/C12H9N3S/c1-9-2-3-10(7-13)11(6-9)16-12-4-5-14-8-15-12/h2-6,8H,1H3. The third kappa shape index (κ3) is 2.38. The fourth-order valence-corrected chi connectivity index (χ4v) is 2.18. The number of aryl methyl sites for hydroxylation is 1. The van der Waals surface area contributed by atoms with Gasteiger partial charge in [-0.15, -0.1) is 0 Å². The van der Waals surface area contributed by atoms with E-state index in [1.807, 2.05) is 31.2 Å². The molecule has 0 saturated heterocycles. The van der Waals surface area contributed by atoms with Crippen LogP contribution in [0.5, 0.6) is 0 Å². The molecule has 2 aromatic rings. The van der Waals surface area contributed by atoms with Crippen LogP contribution in [0.3, 0.4) is 0 Å². The zero-order valence-electron chi connectivity index (χ0n) is 8.71. The van der Waals surface area contributed by atoms with Crippen LogP contribution in [-0.4, -0.2) is 9.97 Å². The van der Waals surface area contributed by atoms with E-state index in [2.05, 4.69) is 16.0 Å². The first-order valence-electron chi connectivity index (χ1n) is 4.74. The van der Waals surface area contributed by atoms with Gasteiger partial charge in [-0.25, -0.2) is 9.97 Å². The fraction of sp³-hybridized carbons (Fsp3) is 0.0833. The molecule has 0 aliphatic carbocycles. The molecule has 0 aliphatic rings. The van der Waals surface area contributed by atoms with Crippen LogP contribution in [0.25, 0.3) is 0 Å². The van der Waals surface area contributed by atoms with Gasteiger partial charge in [0.1, 0.15) is 17.4 Å². The minimum atomic E-state index is 0.675. The lowest BCUT2D eigenvalue weighted by atomic mass is 10.2. The predicted octanol–water partition coefficient (Wildman–Crippen LogP) is 2.81. The van der Waals surface area contributed by atoms with Crippen molar-refractivity contribution in [1.29, 1.82) is 5.26 Å². The van der Waals surface area contributed by atoms with Gasteiger partial charge in [-0.3, -0.25) is 0 Å². The summed E-state index contributed by atoms with van der Waals surface area (Å²) in [6, 6.07) is 9.76. The Labute approximate surface area is 98.2 Å². The van der Waals surface area contributed by atoms with Crippen molar-refractivity contribution in [2.45, 2.75) is 16.8 Å². The highest BCUT2D eigenvalue weighted by Gasteiger charge is 2.04. The Balaban J connectivity index is 2.35. The second-order valence-electron chi connectivity index (χ2n) is 3.26. The van der Waals surface area contributed by atoms with Crippen molar-refractivity contribution in [1.82, 2.24) is 9.97 Å². The highest BCUT2D eigenvalue weighted by Crippen LogP contribution is 2.29. The molecule has 0 saturated carbocycles. The molecule has 0 amide bonds. The molecule has 3 nitrogen and oxygen atoms in total. The molecule has 0 atom stereocenters. The van der Waals surface area contributed by atoms with E-state index < -0.39 is 0 Å². The summed E-state index contributed by atoms with van der Waals surface area (Å²) in [5, 5.41) is 9.84. The molecule has 2 rings (SSSR count). The summed E-state index contributed by atoms with van der Waals surface area (Å²) >= 11 is 1.48. The molecular formula is C12H9N3S. The van der Waals surface area contributed by atoms with Crippen molar-refractivity contribution < 1.29 is 0 Å². The maximum absolute atomic E-state index is 8.99. The Kier molecular flexibility index (Phi) is 3.18. The van der Waals surface area contributed by atoms with Crippen LogP contribution in [0.4, 0.5) is 0 Å². The number of nitriles is 1. The number of hydrogen-bond donors (Lipinski definition) is 0. The van der Waals surface area contributed by atoms with Crippen molar-refractivity contribution >= 4 is 11.8 Å². The van der Waals surface area contributed by atoms with Crippen molar-refractivity contribution in [2.24, 2.45) is 0 Å². The molecule has 0 spiro atoms. The van der Waals surface area contributed by atoms with Crippen molar-refractivity contribution in [3.8, 4) is 6.07 Å². The Bertz CT molecular complexity index is 532. The van der Waals surface area contributed by atoms with Gasteiger partial charge in [-0.2, -0.15) is 5.26 Å². The molecule has 4 heteroatoms. The lowest BCUT2D eigenvalue weighted by Crippen LogP contribution is -1.85. The maximum atomic E-state index is 8.99.